The lowest BCUT2D eigenvalue weighted by atomic mass is 10.1. The van der Waals surface area contributed by atoms with Crippen molar-refractivity contribution in [2.75, 3.05) is 0 Å². The van der Waals surface area contributed by atoms with Gasteiger partial charge in [-0.25, -0.2) is 9.97 Å². The van der Waals surface area contributed by atoms with Crippen molar-refractivity contribution in [3.63, 3.8) is 0 Å². The number of imidazole rings is 1. The van der Waals surface area contributed by atoms with Crippen LogP contribution in [0.1, 0.15) is 0 Å². The van der Waals surface area contributed by atoms with E-state index in [4.69, 9.17) is 44.8 Å². The Morgan fingerprint density at radius 1 is 0.828 bits per heavy atom. The molecule has 8 heteroatoms. The molecule has 5 nitrogen and oxygen atoms in total. The SMILES string of the molecule is Clc1ccc(-c2n[nH]c(-c3c(-c4cc(Cl)ccc4Cl)nc4ccccn34)n2)cc1. The Kier molecular flexibility index (Phi) is 4.51. The van der Waals surface area contributed by atoms with Gasteiger partial charge < -0.3 is 0 Å². The van der Waals surface area contributed by atoms with Crippen molar-refractivity contribution in [3.8, 4) is 34.2 Å². The number of nitrogens with zero attached hydrogens (tertiary/aromatic N) is 4. The highest BCUT2D eigenvalue weighted by Gasteiger charge is 2.21. The molecule has 5 aromatic rings. The van der Waals surface area contributed by atoms with Crippen molar-refractivity contribution in [1.82, 2.24) is 24.6 Å². The number of rotatable bonds is 3. The van der Waals surface area contributed by atoms with Crippen LogP contribution >= 0.6 is 34.8 Å². The topological polar surface area (TPSA) is 58.9 Å². The van der Waals surface area contributed by atoms with Gasteiger partial charge in [0.05, 0.1) is 5.02 Å². The fourth-order valence-corrected chi connectivity index (χ4v) is 3.69. The molecule has 142 valence electrons. The van der Waals surface area contributed by atoms with E-state index in [1.54, 1.807) is 30.3 Å². The lowest BCUT2D eigenvalue weighted by molar-refractivity contribution is 1.08. The average molecular weight is 441 g/mol. The third-order valence-corrected chi connectivity index (χ3v) is 5.34. The number of hydrogen-bond donors (Lipinski definition) is 1. The fraction of sp³-hybridized carbons (Fsp3) is 0. The normalized spacial score (nSPS) is 11.3. The van der Waals surface area contributed by atoms with Gasteiger partial charge >= 0.3 is 0 Å². The largest absolute Gasteiger partial charge is 0.296 e. The Morgan fingerprint density at radius 3 is 2.45 bits per heavy atom. The van der Waals surface area contributed by atoms with Gasteiger partial charge in [-0.15, -0.1) is 0 Å². The molecule has 3 aromatic heterocycles. The van der Waals surface area contributed by atoms with Gasteiger partial charge in [0, 0.05) is 27.4 Å². The standard InChI is InChI=1S/C21H12Cl3N5/c22-13-6-4-12(5-7-13)20-26-21(28-27-20)19-18(15-11-14(23)8-9-16(15)24)25-17-3-1-2-10-29(17)19/h1-11H,(H,26,27,28). The molecule has 0 amide bonds. The molecule has 0 spiro atoms. The van der Waals surface area contributed by atoms with Crippen LogP contribution in [0.5, 0.6) is 0 Å². The Balaban J connectivity index is 1.73. The minimum Gasteiger partial charge on any atom is -0.296 e. The highest BCUT2D eigenvalue weighted by molar-refractivity contribution is 6.35. The van der Waals surface area contributed by atoms with Crippen LogP contribution in [0.25, 0.3) is 39.8 Å². The number of nitrogens with one attached hydrogen (secondary N) is 1. The Morgan fingerprint density at radius 2 is 1.62 bits per heavy atom. The second-order valence-electron chi connectivity index (χ2n) is 6.38. The Bertz CT molecular complexity index is 1340. The minimum atomic E-state index is 0.552. The number of pyridine rings is 1. The third kappa shape index (κ3) is 3.27. The third-order valence-electron chi connectivity index (χ3n) is 4.53. The summed E-state index contributed by atoms with van der Waals surface area (Å²) in [6.07, 6.45) is 1.92. The van der Waals surface area contributed by atoms with Crippen LogP contribution < -0.4 is 0 Å². The van der Waals surface area contributed by atoms with Crippen LogP contribution in [0.4, 0.5) is 0 Å². The van der Waals surface area contributed by atoms with Crippen molar-refractivity contribution >= 4 is 40.4 Å². The molecule has 0 saturated heterocycles. The second kappa shape index (κ2) is 7.19. The number of fused-ring (bicyclic) bond motifs is 1. The van der Waals surface area contributed by atoms with Crippen molar-refractivity contribution in [2.24, 2.45) is 0 Å². The monoisotopic (exact) mass is 439 g/mol. The van der Waals surface area contributed by atoms with Crippen molar-refractivity contribution in [1.29, 1.82) is 0 Å². The number of aromatic nitrogens is 5. The molecule has 0 unspecified atom stereocenters. The molecule has 5 rings (SSSR count). The highest BCUT2D eigenvalue weighted by atomic mass is 35.5. The zero-order valence-electron chi connectivity index (χ0n) is 14.8. The Labute approximate surface area is 180 Å². The molecule has 0 aliphatic carbocycles. The molecule has 1 N–H and O–H groups in total. The van der Waals surface area contributed by atoms with Gasteiger partial charge in [0.1, 0.15) is 17.0 Å². The first-order valence-corrected chi connectivity index (χ1v) is 9.85. The molecule has 0 aliphatic rings. The van der Waals surface area contributed by atoms with Gasteiger partial charge in [0.15, 0.2) is 11.6 Å². The lowest BCUT2D eigenvalue weighted by Crippen LogP contribution is -1.92. The van der Waals surface area contributed by atoms with E-state index in [1.807, 2.05) is 40.9 Å². The summed E-state index contributed by atoms with van der Waals surface area (Å²) < 4.78 is 1.94. The molecule has 0 fully saturated rings. The van der Waals surface area contributed by atoms with Crippen molar-refractivity contribution < 1.29 is 0 Å². The first-order chi connectivity index (χ1) is 14.1. The van der Waals surface area contributed by atoms with Crippen molar-refractivity contribution in [2.45, 2.75) is 0 Å². The number of H-pyrrole nitrogens is 1. The smallest absolute Gasteiger partial charge is 0.181 e. The first-order valence-electron chi connectivity index (χ1n) is 8.71. The maximum Gasteiger partial charge on any atom is 0.181 e. The van der Waals surface area contributed by atoms with Gasteiger partial charge in [-0.1, -0.05) is 40.9 Å². The van der Waals surface area contributed by atoms with Crippen LogP contribution in [-0.4, -0.2) is 24.6 Å². The van der Waals surface area contributed by atoms with Gasteiger partial charge in [-0.05, 0) is 54.6 Å². The summed E-state index contributed by atoms with van der Waals surface area (Å²) in [6, 6.07) is 18.4. The van der Waals surface area contributed by atoms with Crippen LogP contribution in [0, 0.1) is 0 Å². The summed E-state index contributed by atoms with van der Waals surface area (Å²) in [5.41, 5.74) is 3.76. The van der Waals surface area contributed by atoms with E-state index in [0.717, 1.165) is 22.5 Å². The quantitative estimate of drug-likeness (QED) is 0.352. The summed E-state index contributed by atoms with van der Waals surface area (Å²) in [5.74, 6) is 1.13. The summed E-state index contributed by atoms with van der Waals surface area (Å²) >= 11 is 18.7. The number of benzene rings is 2. The summed E-state index contributed by atoms with van der Waals surface area (Å²) in [5, 5.41) is 9.19. The lowest BCUT2D eigenvalue weighted by Gasteiger charge is -2.05. The van der Waals surface area contributed by atoms with Gasteiger partial charge in [-0.3, -0.25) is 9.50 Å². The number of aromatic amines is 1. The van der Waals surface area contributed by atoms with Crippen LogP contribution in [0.2, 0.25) is 15.1 Å². The molecule has 0 bridgehead atoms. The summed E-state index contributed by atoms with van der Waals surface area (Å²) in [6.45, 7) is 0. The molecule has 3 heterocycles. The zero-order chi connectivity index (χ0) is 20.0. The molecule has 29 heavy (non-hydrogen) atoms. The molecular weight excluding hydrogens is 429 g/mol. The molecule has 2 aromatic carbocycles. The van der Waals surface area contributed by atoms with E-state index in [-0.39, 0.29) is 0 Å². The van der Waals surface area contributed by atoms with E-state index in [1.165, 1.54) is 0 Å². The average Bonchev–Trinajstić information content (AvgIpc) is 3.35. The molecular formula is C21H12Cl3N5. The van der Waals surface area contributed by atoms with E-state index in [9.17, 15) is 0 Å². The molecule has 0 saturated carbocycles. The summed E-state index contributed by atoms with van der Waals surface area (Å²) in [4.78, 5) is 9.46. The van der Waals surface area contributed by atoms with E-state index < -0.39 is 0 Å². The fourth-order valence-electron chi connectivity index (χ4n) is 3.18. The van der Waals surface area contributed by atoms with Crippen LogP contribution in [0.3, 0.4) is 0 Å². The highest BCUT2D eigenvalue weighted by Crippen LogP contribution is 2.37. The predicted octanol–water partition coefficient (Wildman–Crippen LogP) is 6.41. The molecule has 0 radical (unpaired) electrons. The first kappa shape index (κ1) is 18.2. The zero-order valence-corrected chi connectivity index (χ0v) is 17.0. The van der Waals surface area contributed by atoms with Gasteiger partial charge in [-0.2, -0.15) is 5.10 Å². The van der Waals surface area contributed by atoms with Crippen LogP contribution in [0.15, 0.2) is 66.9 Å². The maximum absolute atomic E-state index is 6.47. The summed E-state index contributed by atoms with van der Waals surface area (Å²) in [7, 11) is 0. The maximum atomic E-state index is 6.47. The minimum absolute atomic E-state index is 0.552. The predicted molar refractivity (Wildman–Crippen MR) is 116 cm³/mol. The number of halogens is 3. The van der Waals surface area contributed by atoms with Gasteiger partial charge in [0.2, 0.25) is 0 Å². The molecule has 0 aliphatic heterocycles. The van der Waals surface area contributed by atoms with E-state index >= 15 is 0 Å². The number of hydrogen-bond acceptors (Lipinski definition) is 3. The van der Waals surface area contributed by atoms with Crippen LogP contribution in [-0.2, 0) is 0 Å². The van der Waals surface area contributed by atoms with Crippen molar-refractivity contribution in [3.05, 3.63) is 81.9 Å². The van der Waals surface area contributed by atoms with E-state index in [0.29, 0.717) is 32.4 Å². The Hall–Kier alpha value is -2.86. The van der Waals surface area contributed by atoms with E-state index in [2.05, 4.69) is 10.2 Å². The second-order valence-corrected chi connectivity index (χ2v) is 7.66. The van der Waals surface area contributed by atoms with Gasteiger partial charge in [0.25, 0.3) is 0 Å². The molecule has 0 atom stereocenters.